The van der Waals surface area contributed by atoms with Gasteiger partial charge in [0.15, 0.2) is 4.34 Å². The minimum Gasteiger partial charge on any atom is -0.330 e. The number of aromatic nitrogens is 4. The molecule has 0 radical (unpaired) electrons. The van der Waals surface area contributed by atoms with Crippen LogP contribution in [0.3, 0.4) is 0 Å². The predicted octanol–water partition coefficient (Wildman–Crippen LogP) is 3.68. The Hall–Kier alpha value is -1.11. The quantitative estimate of drug-likeness (QED) is 0.692. The molecule has 2 aromatic heterocycles. The van der Waals surface area contributed by atoms with Gasteiger partial charge in [-0.25, -0.2) is 4.98 Å². The number of fused-ring (bicyclic) bond motifs is 1. The number of nitrogens with zero attached hydrogens (tertiary/aromatic N) is 4. The van der Waals surface area contributed by atoms with E-state index in [1.54, 1.807) is 23.1 Å². The van der Waals surface area contributed by atoms with Crippen molar-refractivity contribution in [1.82, 2.24) is 19.7 Å². The van der Waals surface area contributed by atoms with Gasteiger partial charge < -0.3 is 4.57 Å². The fraction of sp³-hybridized carbons (Fsp3) is 0.250. The van der Waals surface area contributed by atoms with Crippen LogP contribution in [0.5, 0.6) is 0 Å². The summed E-state index contributed by atoms with van der Waals surface area (Å²) in [5.74, 6) is 1.78. The zero-order chi connectivity index (χ0) is 13.4. The molecule has 2 heterocycles. The number of hydrogen-bond donors (Lipinski definition) is 0. The maximum Gasteiger partial charge on any atom is 0.174 e. The smallest absolute Gasteiger partial charge is 0.174 e. The molecule has 0 atom stereocenters. The molecule has 0 spiro atoms. The van der Waals surface area contributed by atoms with Gasteiger partial charge in [0.1, 0.15) is 10.8 Å². The molecule has 0 fully saturated rings. The lowest BCUT2D eigenvalue weighted by molar-refractivity contribution is 0.875. The van der Waals surface area contributed by atoms with Crippen LogP contribution in [-0.2, 0) is 12.8 Å². The maximum absolute atomic E-state index is 5.98. The Balaban J connectivity index is 1.86. The summed E-state index contributed by atoms with van der Waals surface area (Å²) in [6, 6.07) is 5.77. The van der Waals surface area contributed by atoms with Gasteiger partial charge in [0.2, 0.25) is 0 Å². The third-order valence-corrected chi connectivity index (χ3v) is 4.97. The van der Waals surface area contributed by atoms with Crippen LogP contribution < -0.4 is 0 Å². The normalized spacial score (nSPS) is 11.3. The van der Waals surface area contributed by atoms with Crippen LogP contribution in [-0.4, -0.2) is 19.7 Å². The third kappa shape index (κ3) is 2.61. The average molecular weight is 311 g/mol. The summed E-state index contributed by atoms with van der Waals surface area (Å²) in [5.41, 5.74) is 2.02. The van der Waals surface area contributed by atoms with Gasteiger partial charge in [0.05, 0.1) is 16.8 Å². The van der Waals surface area contributed by atoms with Gasteiger partial charge in [-0.3, -0.25) is 0 Å². The molecule has 1 aromatic carbocycles. The van der Waals surface area contributed by atoms with Crippen LogP contribution in [0, 0.1) is 6.92 Å². The highest BCUT2D eigenvalue weighted by atomic mass is 35.5. The summed E-state index contributed by atoms with van der Waals surface area (Å²) in [7, 11) is 2.02. The van der Waals surface area contributed by atoms with Crippen molar-refractivity contribution >= 4 is 45.7 Å². The van der Waals surface area contributed by atoms with Gasteiger partial charge in [0.25, 0.3) is 0 Å². The number of benzene rings is 1. The van der Waals surface area contributed by atoms with E-state index in [1.807, 2.05) is 32.2 Å². The first kappa shape index (κ1) is 12.9. The number of imidazole rings is 1. The fourth-order valence-corrected chi connectivity index (χ4v) is 3.78. The molecular formula is C12H11ClN4S2. The van der Waals surface area contributed by atoms with Crippen LogP contribution >= 0.6 is 34.7 Å². The van der Waals surface area contributed by atoms with Crippen molar-refractivity contribution in [2.45, 2.75) is 17.0 Å². The van der Waals surface area contributed by atoms with E-state index in [0.29, 0.717) is 5.02 Å². The molecule has 7 heteroatoms. The standard InChI is InChI=1S/C12H11ClN4S2/c1-7-15-16-12(19-7)18-6-11-14-9-5-8(13)3-4-10(9)17(11)2/h3-5H,6H2,1-2H3. The highest BCUT2D eigenvalue weighted by molar-refractivity contribution is 8.00. The van der Waals surface area contributed by atoms with Gasteiger partial charge in [-0.1, -0.05) is 34.7 Å². The van der Waals surface area contributed by atoms with E-state index in [1.165, 1.54) is 0 Å². The molecule has 0 saturated carbocycles. The molecule has 4 nitrogen and oxygen atoms in total. The summed E-state index contributed by atoms with van der Waals surface area (Å²) in [4.78, 5) is 4.61. The van der Waals surface area contributed by atoms with Gasteiger partial charge in [-0.2, -0.15) is 0 Å². The van der Waals surface area contributed by atoms with E-state index < -0.39 is 0 Å². The summed E-state index contributed by atoms with van der Waals surface area (Å²) < 4.78 is 3.06. The van der Waals surface area contributed by atoms with Crippen molar-refractivity contribution in [3.05, 3.63) is 34.1 Å². The average Bonchev–Trinajstić information content (AvgIpc) is 2.91. The van der Waals surface area contributed by atoms with E-state index in [9.17, 15) is 0 Å². The molecule has 0 bridgehead atoms. The Kier molecular flexibility index (Phi) is 3.47. The summed E-state index contributed by atoms with van der Waals surface area (Å²) >= 11 is 9.25. The Labute approximate surface area is 123 Å². The largest absolute Gasteiger partial charge is 0.330 e. The molecule has 0 aliphatic carbocycles. The first-order valence-electron chi connectivity index (χ1n) is 5.67. The highest BCUT2D eigenvalue weighted by Crippen LogP contribution is 2.27. The fourth-order valence-electron chi connectivity index (χ4n) is 1.81. The van der Waals surface area contributed by atoms with Crippen molar-refractivity contribution in [2.24, 2.45) is 7.05 Å². The number of halogens is 1. The number of hydrogen-bond acceptors (Lipinski definition) is 5. The molecule has 0 N–H and O–H groups in total. The Bertz CT molecular complexity index is 734. The zero-order valence-corrected chi connectivity index (χ0v) is 12.8. The van der Waals surface area contributed by atoms with Crippen LogP contribution in [0.4, 0.5) is 0 Å². The van der Waals surface area contributed by atoms with Crippen molar-refractivity contribution in [1.29, 1.82) is 0 Å². The van der Waals surface area contributed by atoms with Gasteiger partial charge in [-0.05, 0) is 25.1 Å². The Morgan fingerprint density at radius 2 is 2.21 bits per heavy atom. The molecule has 3 rings (SSSR count). The molecule has 19 heavy (non-hydrogen) atoms. The number of rotatable bonds is 3. The van der Waals surface area contributed by atoms with Crippen LogP contribution in [0.1, 0.15) is 10.8 Å². The predicted molar refractivity (Wildman–Crippen MR) is 79.9 cm³/mol. The second-order valence-electron chi connectivity index (χ2n) is 4.10. The topological polar surface area (TPSA) is 43.6 Å². The molecule has 3 aromatic rings. The molecule has 0 unspecified atom stereocenters. The van der Waals surface area contributed by atoms with E-state index in [2.05, 4.69) is 19.7 Å². The SMILES string of the molecule is Cc1nnc(SCc2nc3cc(Cl)ccc3n2C)s1. The van der Waals surface area contributed by atoms with Gasteiger partial charge in [-0.15, -0.1) is 10.2 Å². The van der Waals surface area contributed by atoms with Crippen molar-refractivity contribution < 1.29 is 0 Å². The lowest BCUT2D eigenvalue weighted by atomic mass is 10.3. The lowest BCUT2D eigenvalue weighted by Gasteiger charge is -2.00. The highest BCUT2D eigenvalue weighted by Gasteiger charge is 2.10. The van der Waals surface area contributed by atoms with Crippen LogP contribution in [0.2, 0.25) is 5.02 Å². The van der Waals surface area contributed by atoms with Crippen LogP contribution in [0.15, 0.2) is 22.5 Å². The first-order valence-corrected chi connectivity index (χ1v) is 7.85. The van der Waals surface area contributed by atoms with Crippen molar-refractivity contribution in [2.75, 3.05) is 0 Å². The van der Waals surface area contributed by atoms with E-state index in [4.69, 9.17) is 11.6 Å². The van der Waals surface area contributed by atoms with Crippen LogP contribution in [0.25, 0.3) is 11.0 Å². The van der Waals surface area contributed by atoms with Gasteiger partial charge >= 0.3 is 0 Å². The maximum atomic E-state index is 5.98. The summed E-state index contributed by atoms with van der Waals surface area (Å²) in [6.07, 6.45) is 0. The molecular weight excluding hydrogens is 300 g/mol. The minimum absolute atomic E-state index is 0.713. The zero-order valence-electron chi connectivity index (χ0n) is 10.4. The molecule has 98 valence electrons. The second kappa shape index (κ2) is 5.11. The summed E-state index contributed by atoms with van der Waals surface area (Å²) in [6.45, 7) is 1.96. The lowest BCUT2D eigenvalue weighted by Crippen LogP contribution is -1.95. The second-order valence-corrected chi connectivity index (χ2v) is 6.94. The van der Waals surface area contributed by atoms with E-state index in [0.717, 1.165) is 32.0 Å². The minimum atomic E-state index is 0.713. The van der Waals surface area contributed by atoms with Gasteiger partial charge in [0, 0.05) is 12.1 Å². The Morgan fingerprint density at radius 3 is 2.95 bits per heavy atom. The van der Waals surface area contributed by atoms with E-state index in [-0.39, 0.29) is 0 Å². The third-order valence-electron chi connectivity index (χ3n) is 2.77. The van der Waals surface area contributed by atoms with E-state index >= 15 is 0 Å². The Morgan fingerprint density at radius 1 is 1.37 bits per heavy atom. The monoisotopic (exact) mass is 310 g/mol. The first-order chi connectivity index (χ1) is 9.13. The number of aryl methyl sites for hydroxylation is 2. The molecule has 0 saturated heterocycles. The molecule has 0 aliphatic heterocycles. The molecule has 0 amide bonds. The summed E-state index contributed by atoms with van der Waals surface area (Å²) in [5, 5.41) is 9.81. The van der Waals surface area contributed by atoms with Crippen molar-refractivity contribution in [3.63, 3.8) is 0 Å². The molecule has 0 aliphatic rings. The van der Waals surface area contributed by atoms with Crippen molar-refractivity contribution in [3.8, 4) is 0 Å². The number of thioether (sulfide) groups is 1.